The van der Waals surface area contributed by atoms with Gasteiger partial charge in [0.2, 0.25) is 5.91 Å². The Morgan fingerprint density at radius 3 is 2.48 bits per heavy atom. The average Bonchev–Trinajstić information content (AvgIpc) is 2.74. The summed E-state index contributed by atoms with van der Waals surface area (Å²) < 4.78 is 18.5. The number of carbonyl (C=O) groups is 2. The van der Waals surface area contributed by atoms with Crippen LogP contribution in [0.1, 0.15) is 16.7 Å². The number of nitriles is 1. The van der Waals surface area contributed by atoms with Gasteiger partial charge >= 0.3 is 0 Å². The molecule has 1 aliphatic heterocycles. The number of carbonyl (C=O) groups excluding carboxylic acids is 2. The smallest absolute Gasteiger partial charge is 0.271 e. The highest BCUT2D eigenvalue weighted by Crippen LogP contribution is 2.28. The van der Waals surface area contributed by atoms with Crippen LogP contribution in [0.3, 0.4) is 0 Å². The number of rotatable bonds is 4. The Labute approximate surface area is 168 Å². The van der Waals surface area contributed by atoms with Crippen molar-refractivity contribution in [2.45, 2.75) is 12.5 Å². The average molecular weight is 393 g/mol. The first-order valence-corrected chi connectivity index (χ1v) is 8.95. The van der Waals surface area contributed by atoms with Crippen LogP contribution in [0.25, 0.3) is 6.08 Å². The van der Waals surface area contributed by atoms with Gasteiger partial charge in [0.05, 0.1) is 18.7 Å². The Balaban J connectivity index is 1.96. The highest BCUT2D eigenvalue weighted by Gasteiger charge is 2.39. The van der Waals surface area contributed by atoms with Crippen LogP contribution < -0.4 is 4.74 Å². The molecule has 0 N–H and O–H groups in total. The van der Waals surface area contributed by atoms with Gasteiger partial charge in [0.25, 0.3) is 5.91 Å². The highest BCUT2D eigenvalue weighted by atomic mass is 19.1. The zero-order valence-corrected chi connectivity index (χ0v) is 16.3. The quantitative estimate of drug-likeness (QED) is 0.749. The number of likely N-dealkylation sites (N-methyl/N-ethyl adjacent to an activating group) is 2. The summed E-state index contributed by atoms with van der Waals surface area (Å²) in [6, 6.07) is 12.2. The summed E-state index contributed by atoms with van der Waals surface area (Å²) in [7, 11) is 4.56. The molecule has 0 bridgehead atoms. The molecule has 0 aliphatic carbocycles. The molecule has 1 saturated heterocycles. The molecule has 29 heavy (non-hydrogen) atoms. The van der Waals surface area contributed by atoms with E-state index in [1.54, 1.807) is 37.4 Å². The molecule has 1 aliphatic rings. The molecule has 1 heterocycles. The van der Waals surface area contributed by atoms with Crippen LogP contribution in [0.4, 0.5) is 4.39 Å². The number of piperazine rings is 1. The first-order valence-electron chi connectivity index (χ1n) is 8.95. The summed E-state index contributed by atoms with van der Waals surface area (Å²) in [4.78, 5) is 28.7. The molecule has 148 valence electrons. The van der Waals surface area contributed by atoms with Crippen molar-refractivity contribution in [1.29, 1.82) is 5.26 Å². The molecule has 2 amide bonds. The van der Waals surface area contributed by atoms with Crippen molar-refractivity contribution < 1.29 is 18.7 Å². The monoisotopic (exact) mass is 393 g/mol. The lowest BCUT2D eigenvalue weighted by atomic mass is 9.99. The Morgan fingerprint density at radius 1 is 1.17 bits per heavy atom. The number of benzene rings is 2. The van der Waals surface area contributed by atoms with Gasteiger partial charge in [-0.3, -0.25) is 9.59 Å². The zero-order valence-electron chi connectivity index (χ0n) is 16.3. The molecule has 1 unspecified atom stereocenters. The molecule has 1 fully saturated rings. The molecule has 7 heteroatoms. The first kappa shape index (κ1) is 20.1. The van der Waals surface area contributed by atoms with Crippen molar-refractivity contribution in [2.75, 3.05) is 21.2 Å². The summed E-state index contributed by atoms with van der Waals surface area (Å²) in [6.45, 7) is 0. The molecule has 0 spiro atoms. The number of nitrogens with zero attached hydrogens (tertiary/aromatic N) is 3. The number of methoxy groups -OCH3 is 1. The summed E-state index contributed by atoms with van der Waals surface area (Å²) in [6.07, 6.45) is 1.78. The second-order valence-corrected chi connectivity index (χ2v) is 6.72. The van der Waals surface area contributed by atoms with E-state index in [0.717, 1.165) is 5.56 Å². The van der Waals surface area contributed by atoms with Gasteiger partial charge in [-0.2, -0.15) is 5.26 Å². The number of halogens is 1. The summed E-state index contributed by atoms with van der Waals surface area (Å²) >= 11 is 0. The molecular weight excluding hydrogens is 373 g/mol. The Morgan fingerprint density at radius 2 is 1.86 bits per heavy atom. The van der Waals surface area contributed by atoms with Crippen molar-refractivity contribution >= 4 is 17.9 Å². The Bertz CT molecular complexity index is 1020. The van der Waals surface area contributed by atoms with Gasteiger partial charge in [-0.25, -0.2) is 4.39 Å². The molecule has 3 rings (SSSR count). The van der Waals surface area contributed by atoms with Crippen LogP contribution in [-0.4, -0.2) is 48.9 Å². The van der Waals surface area contributed by atoms with Crippen LogP contribution >= 0.6 is 0 Å². The number of hydrogen-bond donors (Lipinski definition) is 0. The first-order chi connectivity index (χ1) is 13.9. The third-order valence-corrected chi connectivity index (χ3v) is 5.01. The summed E-state index contributed by atoms with van der Waals surface area (Å²) in [5.74, 6) is -0.549. The molecule has 0 aromatic heterocycles. The van der Waals surface area contributed by atoms with E-state index in [-0.39, 0.29) is 29.7 Å². The van der Waals surface area contributed by atoms with Crippen LogP contribution in [0, 0.1) is 17.1 Å². The van der Waals surface area contributed by atoms with Crippen LogP contribution in [0.15, 0.2) is 48.2 Å². The van der Waals surface area contributed by atoms with Gasteiger partial charge < -0.3 is 14.5 Å². The zero-order chi connectivity index (χ0) is 21.1. The van der Waals surface area contributed by atoms with E-state index in [2.05, 4.69) is 6.07 Å². The molecule has 0 saturated carbocycles. The maximum atomic E-state index is 13.1. The highest BCUT2D eigenvalue weighted by molar-refractivity contribution is 6.07. The van der Waals surface area contributed by atoms with E-state index in [4.69, 9.17) is 4.74 Å². The van der Waals surface area contributed by atoms with Crippen LogP contribution in [0.5, 0.6) is 5.75 Å². The van der Waals surface area contributed by atoms with Gasteiger partial charge in [0, 0.05) is 26.1 Å². The predicted octanol–water partition coefficient (Wildman–Crippen LogP) is 2.59. The molecule has 1 atom stereocenters. The van der Waals surface area contributed by atoms with Gasteiger partial charge in [-0.1, -0.05) is 18.2 Å². The Kier molecular flexibility index (Phi) is 5.64. The van der Waals surface area contributed by atoms with Gasteiger partial charge in [-0.05, 0) is 35.9 Å². The standard InChI is InChI=1S/C22H20FN3O3/c1-25-18(11-14-7-9-16(23)10-8-14)21(27)26(2)19(22(25)28)12-17-15(13-24)5-4-6-20(17)29-3/h4-10,12,18H,11H2,1-3H3/b19-12+. The minimum absolute atomic E-state index is 0.147. The SMILES string of the molecule is COc1cccc(C#N)c1/C=C1\C(=O)N(C)C(Cc2ccc(F)cc2)C(=O)N1C. The van der Waals surface area contributed by atoms with Crippen LogP contribution in [-0.2, 0) is 16.0 Å². The number of hydrogen-bond acceptors (Lipinski definition) is 4. The fourth-order valence-electron chi connectivity index (χ4n) is 3.31. The number of amides is 2. The van der Waals surface area contributed by atoms with Crippen molar-refractivity contribution in [3.05, 3.63) is 70.7 Å². The maximum absolute atomic E-state index is 13.1. The van der Waals surface area contributed by atoms with Crippen molar-refractivity contribution in [3.63, 3.8) is 0 Å². The molecule has 2 aromatic rings. The van der Waals surface area contributed by atoms with Crippen LogP contribution in [0.2, 0.25) is 0 Å². The molecule has 0 radical (unpaired) electrons. The summed E-state index contributed by atoms with van der Waals surface area (Å²) in [5.41, 5.74) is 1.67. The largest absolute Gasteiger partial charge is 0.496 e. The fourth-order valence-corrected chi connectivity index (χ4v) is 3.31. The lowest BCUT2D eigenvalue weighted by molar-refractivity contribution is -0.148. The predicted molar refractivity (Wildman–Crippen MR) is 105 cm³/mol. The molecule has 2 aromatic carbocycles. The minimum atomic E-state index is -0.705. The molecular formula is C22H20FN3O3. The number of ether oxygens (including phenoxy) is 1. The van der Waals surface area contributed by atoms with Crippen molar-refractivity contribution in [2.24, 2.45) is 0 Å². The van der Waals surface area contributed by atoms with Gasteiger partial charge in [-0.15, -0.1) is 0 Å². The second kappa shape index (κ2) is 8.15. The summed E-state index contributed by atoms with van der Waals surface area (Å²) in [5, 5.41) is 9.39. The van der Waals surface area contributed by atoms with Gasteiger partial charge in [0.1, 0.15) is 23.3 Å². The normalized spacial score (nSPS) is 18.2. The van der Waals surface area contributed by atoms with Crippen molar-refractivity contribution in [1.82, 2.24) is 9.80 Å². The van der Waals surface area contributed by atoms with E-state index in [1.807, 2.05) is 0 Å². The second-order valence-electron chi connectivity index (χ2n) is 6.72. The van der Waals surface area contributed by atoms with E-state index < -0.39 is 6.04 Å². The molecule has 6 nitrogen and oxygen atoms in total. The van der Waals surface area contributed by atoms with E-state index in [0.29, 0.717) is 16.9 Å². The van der Waals surface area contributed by atoms with E-state index in [9.17, 15) is 19.2 Å². The fraction of sp³-hybridized carbons (Fsp3) is 0.227. The third kappa shape index (κ3) is 3.83. The lowest BCUT2D eigenvalue weighted by Gasteiger charge is -2.38. The van der Waals surface area contributed by atoms with E-state index >= 15 is 0 Å². The topological polar surface area (TPSA) is 73.6 Å². The minimum Gasteiger partial charge on any atom is -0.496 e. The van der Waals surface area contributed by atoms with Gasteiger partial charge in [0.15, 0.2) is 0 Å². The maximum Gasteiger partial charge on any atom is 0.271 e. The third-order valence-electron chi connectivity index (χ3n) is 5.01. The Hall–Kier alpha value is -3.66. The van der Waals surface area contributed by atoms with E-state index in [1.165, 1.54) is 42.2 Å². The lowest BCUT2D eigenvalue weighted by Crippen LogP contribution is -2.56. The van der Waals surface area contributed by atoms with Crippen molar-refractivity contribution in [3.8, 4) is 11.8 Å².